The van der Waals surface area contributed by atoms with E-state index in [1.54, 1.807) is 12.1 Å². The molecule has 0 aliphatic carbocycles. The van der Waals surface area contributed by atoms with Crippen molar-refractivity contribution in [3.8, 4) is 0 Å². The standard InChI is InChI=1S/C19H22FN3O5/c1-2-3-15(17(24)21-11-14-8-9-16(28-14)18(25)26)23-19(27)22-10-12-4-6-13(20)7-5-12/h4-9,15H,2-3,10-11H2,1H3,(H,21,24)(H,25,26)(H2,22,23,27). The number of carboxylic acids is 1. The number of carbonyl (C=O) groups excluding carboxylic acids is 2. The van der Waals surface area contributed by atoms with Gasteiger partial charge in [0.25, 0.3) is 0 Å². The number of hydrogen-bond acceptors (Lipinski definition) is 4. The summed E-state index contributed by atoms with van der Waals surface area (Å²) in [5, 5.41) is 16.7. The molecule has 0 spiro atoms. The quantitative estimate of drug-likeness (QED) is 0.523. The lowest BCUT2D eigenvalue weighted by molar-refractivity contribution is -0.123. The van der Waals surface area contributed by atoms with Crippen molar-refractivity contribution in [3.05, 3.63) is 59.3 Å². The average molecular weight is 391 g/mol. The zero-order valence-electron chi connectivity index (χ0n) is 15.3. The number of rotatable bonds is 9. The number of benzene rings is 1. The fourth-order valence-corrected chi connectivity index (χ4v) is 2.44. The summed E-state index contributed by atoms with van der Waals surface area (Å²) in [5.41, 5.74) is 0.722. The van der Waals surface area contributed by atoms with Crippen molar-refractivity contribution in [2.24, 2.45) is 0 Å². The van der Waals surface area contributed by atoms with Crippen LogP contribution in [0.15, 0.2) is 40.8 Å². The van der Waals surface area contributed by atoms with Gasteiger partial charge in [-0.3, -0.25) is 4.79 Å². The molecule has 9 heteroatoms. The third-order valence-corrected chi connectivity index (χ3v) is 3.87. The Hall–Kier alpha value is -3.36. The van der Waals surface area contributed by atoms with Crippen LogP contribution in [0.5, 0.6) is 0 Å². The van der Waals surface area contributed by atoms with Gasteiger partial charge in [0, 0.05) is 6.54 Å². The SMILES string of the molecule is CCCC(NC(=O)NCc1ccc(F)cc1)C(=O)NCc1ccc(C(=O)O)o1. The van der Waals surface area contributed by atoms with Gasteiger partial charge in [-0.15, -0.1) is 0 Å². The Morgan fingerprint density at radius 2 is 1.79 bits per heavy atom. The zero-order chi connectivity index (χ0) is 20.5. The normalized spacial score (nSPS) is 11.5. The molecule has 1 atom stereocenters. The molecule has 3 amide bonds. The predicted molar refractivity (Wildman–Crippen MR) is 98.0 cm³/mol. The molecule has 4 N–H and O–H groups in total. The average Bonchev–Trinajstić information content (AvgIpc) is 3.15. The lowest BCUT2D eigenvalue weighted by atomic mass is 10.1. The van der Waals surface area contributed by atoms with Crippen LogP contribution >= 0.6 is 0 Å². The Morgan fingerprint density at radius 1 is 1.07 bits per heavy atom. The van der Waals surface area contributed by atoms with E-state index in [2.05, 4.69) is 16.0 Å². The summed E-state index contributed by atoms with van der Waals surface area (Å²) in [5.74, 6) is -1.89. The van der Waals surface area contributed by atoms with Gasteiger partial charge in [0.1, 0.15) is 17.6 Å². The van der Waals surface area contributed by atoms with Gasteiger partial charge < -0.3 is 25.5 Å². The van der Waals surface area contributed by atoms with Gasteiger partial charge in [-0.05, 0) is 36.2 Å². The molecule has 1 unspecified atom stereocenters. The number of carboxylic acid groups (broad SMARTS) is 1. The number of halogens is 1. The molecule has 1 aromatic heterocycles. The summed E-state index contributed by atoms with van der Waals surface area (Å²) in [6.45, 7) is 2.08. The van der Waals surface area contributed by atoms with Gasteiger partial charge in [0.05, 0.1) is 6.54 Å². The topological polar surface area (TPSA) is 121 Å². The van der Waals surface area contributed by atoms with Crippen LogP contribution in [-0.2, 0) is 17.9 Å². The minimum Gasteiger partial charge on any atom is -0.475 e. The Morgan fingerprint density at radius 3 is 2.39 bits per heavy atom. The van der Waals surface area contributed by atoms with Crippen molar-refractivity contribution < 1.29 is 28.3 Å². The summed E-state index contributed by atoms with van der Waals surface area (Å²) in [7, 11) is 0. The molecule has 28 heavy (non-hydrogen) atoms. The Kier molecular flexibility index (Phi) is 7.55. The zero-order valence-corrected chi connectivity index (χ0v) is 15.3. The molecule has 0 fully saturated rings. The van der Waals surface area contributed by atoms with Crippen LogP contribution in [0.25, 0.3) is 0 Å². The van der Waals surface area contributed by atoms with Crippen molar-refractivity contribution in [2.75, 3.05) is 0 Å². The molecule has 1 aromatic carbocycles. The first-order chi connectivity index (χ1) is 13.4. The number of urea groups is 1. The third kappa shape index (κ3) is 6.42. The highest BCUT2D eigenvalue weighted by molar-refractivity contribution is 5.87. The maximum Gasteiger partial charge on any atom is 0.371 e. The summed E-state index contributed by atoms with van der Waals surface area (Å²) in [6.07, 6.45) is 1.09. The van der Waals surface area contributed by atoms with Gasteiger partial charge in [-0.25, -0.2) is 14.0 Å². The van der Waals surface area contributed by atoms with E-state index in [4.69, 9.17) is 9.52 Å². The van der Waals surface area contributed by atoms with Crippen LogP contribution in [0.1, 0.15) is 41.6 Å². The molecule has 8 nitrogen and oxygen atoms in total. The molecule has 0 bridgehead atoms. The monoisotopic (exact) mass is 391 g/mol. The molecule has 0 saturated carbocycles. The highest BCUT2D eigenvalue weighted by atomic mass is 19.1. The van der Waals surface area contributed by atoms with E-state index in [0.29, 0.717) is 18.6 Å². The molecule has 0 radical (unpaired) electrons. The molecule has 0 saturated heterocycles. The molecular formula is C19H22FN3O5. The van der Waals surface area contributed by atoms with Gasteiger partial charge in [-0.1, -0.05) is 25.5 Å². The van der Waals surface area contributed by atoms with Gasteiger partial charge >= 0.3 is 12.0 Å². The van der Waals surface area contributed by atoms with Crippen LogP contribution < -0.4 is 16.0 Å². The second kappa shape index (κ2) is 10.1. The van der Waals surface area contributed by atoms with Crippen molar-refractivity contribution in [2.45, 2.75) is 38.9 Å². The summed E-state index contributed by atoms with van der Waals surface area (Å²) < 4.78 is 18.0. The van der Waals surface area contributed by atoms with E-state index < -0.39 is 23.9 Å². The van der Waals surface area contributed by atoms with E-state index in [-0.39, 0.29) is 24.7 Å². The minimum absolute atomic E-state index is 0.00516. The van der Waals surface area contributed by atoms with Crippen LogP contribution in [0.4, 0.5) is 9.18 Å². The largest absolute Gasteiger partial charge is 0.475 e. The summed E-state index contributed by atoms with van der Waals surface area (Å²) in [4.78, 5) is 35.2. The van der Waals surface area contributed by atoms with Gasteiger partial charge in [-0.2, -0.15) is 0 Å². The molecule has 0 aliphatic rings. The highest BCUT2D eigenvalue weighted by Crippen LogP contribution is 2.08. The first-order valence-corrected chi connectivity index (χ1v) is 8.77. The number of nitrogens with one attached hydrogen (secondary N) is 3. The van der Waals surface area contributed by atoms with E-state index in [0.717, 1.165) is 5.56 Å². The minimum atomic E-state index is -1.19. The molecule has 2 aromatic rings. The molecule has 2 rings (SSSR count). The van der Waals surface area contributed by atoms with Crippen molar-refractivity contribution in [1.82, 2.24) is 16.0 Å². The summed E-state index contributed by atoms with van der Waals surface area (Å²) >= 11 is 0. The molecule has 150 valence electrons. The predicted octanol–water partition coefficient (Wildman–Crippen LogP) is 2.40. The van der Waals surface area contributed by atoms with Gasteiger partial charge in [0.15, 0.2) is 0 Å². The van der Waals surface area contributed by atoms with E-state index in [1.165, 1.54) is 24.3 Å². The number of aromatic carboxylic acids is 1. The Labute approximate surface area is 161 Å². The molecular weight excluding hydrogens is 369 g/mol. The fourth-order valence-electron chi connectivity index (χ4n) is 2.44. The first-order valence-electron chi connectivity index (χ1n) is 8.77. The van der Waals surface area contributed by atoms with E-state index >= 15 is 0 Å². The van der Waals surface area contributed by atoms with Crippen molar-refractivity contribution in [3.63, 3.8) is 0 Å². The van der Waals surface area contributed by atoms with Crippen LogP contribution in [0.2, 0.25) is 0 Å². The lowest BCUT2D eigenvalue weighted by Crippen LogP contribution is -2.49. The van der Waals surface area contributed by atoms with Crippen LogP contribution in [0, 0.1) is 5.82 Å². The second-order valence-corrected chi connectivity index (χ2v) is 6.08. The number of furan rings is 1. The number of carbonyl (C=O) groups is 3. The first kappa shape index (κ1) is 20.9. The van der Waals surface area contributed by atoms with Gasteiger partial charge in [0.2, 0.25) is 11.7 Å². The van der Waals surface area contributed by atoms with E-state index in [1.807, 2.05) is 6.92 Å². The smallest absolute Gasteiger partial charge is 0.371 e. The fraction of sp³-hybridized carbons (Fsp3) is 0.316. The second-order valence-electron chi connectivity index (χ2n) is 6.08. The Balaban J connectivity index is 1.84. The number of amides is 3. The highest BCUT2D eigenvalue weighted by Gasteiger charge is 2.20. The Bertz CT molecular complexity index is 819. The van der Waals surface area contributed by atoms with Crippen molar-refractivity contribution >= 4 is 17.9 Å². The molecule has 0 aliphatic heterocycles. The maximum absolute atomic E-state index is 12.9. The molecule has 1 heterocycles. The summed E-state index contributed by atoms with van der Waals surface area (Å²) in [6, 6.07) is 7.19. The van der Waals surface area contributed by atoms with E-state index in [9.17, 15) is 18.8 Å². The van der Waals surface area contributed by atoms with Crippen molar-refractivity contribution in [1.29, 1.82) is 0 Å². The van der Waals surface area contributed by atoms with Crippen LogP contribution in [-0.4, -0.2) is 29.1 Å². The maximum atomic E-state index is 12.9. The third-order valence-electron chi connectivity index (χ3n) is 3.87. The van der Waals surface area contributed by atoms with Crippen LogP contribution in [0.3, 0.4) is 0 Å². The lowest BCUT2D eigenvalue weighted by Gasteiger charge is -2.18. The number of hydrogen-bond donors (Lipinski definition) is 4.